The van der Waals surface area contributed by atoms with Crippen LogP contribution in [0, 0.1) is 5.92 Å². The van der Waals surface area contributed by atoms with E-state index in [0.717, 1.165) is 36.3 Å². The van der Waals surface area contributed by atoms with Crippen molar-refractivity contribution in [2.45, 2.75) is 45.8 Å². The van der Waals surface area contributed by atoms with E-state index in [1.165, 1.54) is 0 Å². The molecule has 0 heterocycles. The Morgan fingerprint density at radius 1 is 1.04 bits per heavy atom. The SMILES string of the molecule is CC(N)CCCC(C)C(=O)Nc1ccc(OCc2ccccc2)cc1. The molecule has 0 radical (unpaired) electrons. The average Bonchev–Trinajstić information content (AvgIpc) is 2.61. The fraction of sp³-hybridized carbons (Fsp3) is 0.381. The normalized spacial score (nSPS) is 13.1. The molecule has 2 unspecified atom stereocenters. The van der Waals surface area contributed by atoms with E-state index in [4.69, 9.17) is 10.5 Å². The third kappa shape index (κ3) is 6.98. The molecule has 3 N–H and O–H groups in total. The van der Waals surface area contributed by atoms with Crippen LogP contribution in [0.15, 0.2) is 54.6 Å². The van der Waals surface area contributed by atoms with E-state index >= 15 is 0 Å². The Labute approximate surface area is 150 Å². The lowest BCUT2D eigenvalue weighted by atomic mass is 10.0. The number of hydrogen-bond acceptors (Lipinski definition) is 3. The van der Waals surface area contributed by atoms with E-state index in [-0.39, 0.29) is 17.9 Å². The summed E-state index contributed by atoms with van der Waals surface area (Å²) in [6.45, 7) is 4.48. The molecule has 134 valence electrons. The quantitative estimate of drug-likeness (QED) is 0.713. The van der Waals surface area contributed by atoms with Crippen LogP contribution in [-0.4, -0.2) is 11.9 Å². The zero-order valence-corrected chi connectivity index (χ0v) is 15.1. The van der Waals surface area contributed by atoms with E-state index in [0.29, 0.717) is 6.61 Å². The number of anilines is 1. The van der Waals surface area contributed by atoms with Crippen LogP contribution in [0.2, 0.25) is 0 Å². The Balaban J connectivity index is 1.78. The molecule has 1 amide bonds. The highest BCUT2D eigenvalue weighted by Gasteiger charge is 2.13. The molecule has 0 aliphatic rings. The maximum absolute atomic E-state index is 12.2. The van der Waals surface area contributed by atoms with Crippen LogP contribution in [0.5, 0.6) is 5.75 Å². The van der Waals surface area contributed by atoms with Crippen molar-refractivity contribution >= 4 is 11.6 Å². The van der Waals surface area contributed by atoms with Crippen LogP contribution < -0.4 is 15.8 Å². The van der Waals surface area contributed by atoms with Crippen molar-refractivity contribution in [3.63, 3.8) is 0 Å². The second kappa shape index (κ2) is 9.84. The molecule has 0 spiro atoms. The van der Waals surface area contributed by atoms with Crippen molar-refractivity contribution in [3.8, 4) is 5.75 Å². The Bertz CT molecular complexity index is 639. The molecule has 0 saturated heterocycles. The summed E-state index contributed by atoms with van der Waals surface area (Å²) >= 11 is 0. The Morgan fingerprint density at radius 2 is 1.72 bits per heavy atom. The van der Waals surface area contributed by atoms with E-state index in [1.54, 1.807) is 0 Å². The van der Waals surface area contributed by atoms with Crippen molar-refractivity contribution in [1.82, 2.24) is 0 Å². The van der Waals surface area contributed by atoms with Gasteiger partial charge in [-0.3, -0.25) is 4.79 Å². The second-order valence-corrected chi connectivity index (χ2v) is 6.60. The van der Waals surface area contributed by atoms with Crippen LogP contribution in [0.1, 0.15) is 38.7 Å². The Morgan fingerprint density at radius 3 is 2.36 bits per heavy atom. The van der Waals surface area contributed by atoms with Gasteiger partial charge in [0, 0.05) is 17.6 Å². The van der Waals surface area contributed by atoms with Gasteiger partial charge in [-0.25, -0.2) is 0 Å². The van der Waals surface area contributed by atoms with Gasteiger partial charge in [-0.15, -0.1) is 0 Å². The molecule has 2 atom stereocenters. The molecule has 0 aliphatic carbocycles. The molecule has 0 fully saturated rings. The highest BCUT2D eigenvalue weighted by Crippen LogP contribution is 2.18. The van der Waals surface area contributed by atoms with Crippen molar-refractivity contribution < 1.29 is 9.53 Å². The zero-order valence-electron chi connectivity index (χ0n) is 15.1. The molecule has 0 bridgehead atoms. The van der Waals surface area contributed by atoms with Crippen LogP contribution >= 0.6 is 0 Å². The molecule has 0 aromatic heterocycles. The van der Waals surface area contributed by atoms with Gasteiger partial charge in [0.1, 0.15) is 12.4 Å². The molecular formula is C21H28N2O2. The third-order valence-electron chi connectivity index (χ3n) is 4.11. The van der Waals surface area contributed by atoms with Gasteiger partial charge < -0.3 is 15.8 Å². The number of carbonyl (C=O) groups excluding carboxylic acids is 1. The number of carbonyl (C=O) groups is 1. The Hall–Kier alpha value is -2.33. The lowest BCUT2D eigenvalue weighted by Crippen LogP contribution is -2.21. The number of benzene rings is 2. The van der Waals surface area contributed by atoms with E-state index in [1.807, 2.05) is 68.4 Å². The second-order valence-electron chi connectivity index (χ2n) is 6.60. The minimum absolute atomic E-state index is 0.0206. The summed E-state index contributed by atoms with van der Waals surface area (Å²) in [5.41, 5.74) is 7.66. The average molecular weight is 340 g/mol. The smallest absolute Gasteiger partial charge is 0.227 e. The number of amides is 1. The third-order valence-corrected chi connectivity index (χ3v) is 4.11. The van der Waals surface area contributed by atoms with E-state index in [2.05, 4.69) is 5.32 Å². The molecule has 4 nitrogen and oxygen atoms in total. The standard InChI is InChI=1S/C21H28N2O2/c1-16(7-6-8-17(2)22)21(24)23-19-11-13-20(14-12-19)25-15-18-9-4-3-5-10-18/h3-5,9-14,16-17H,6-8,15,22H2,1-2H3,(H,23,24). The maximum Gasteiger partial charge on any atom is 0.227 e. The first-order valence-corrected chi connectivity index (χ1v) is 8.88. The number of hydrogen-bond donors (Lipinski definition) is 2. The van der Waals surface area contributed by atoms with Crippen LogP contribution in [0.3, 0.4) is 0 Å². The number of rotatable bonds is 9. The summed E-state index contributed by atoms with van der Waals surface area (Å²) < 4.78 is 5.75. The van der Waals surface area contributed by atoms with Crippen molar-refractivity contribution in [3.05, 3.63) is 60.2 Å². The molecule has 2 aromatic rings. The molecule has 25 heavy (non-hydrogen) atoms. The first-order valence-electron chi connectivity index (χ1n) is 8.88. The lowest BCUT2D eigenvalue weighted by Gasteiger charge is -2.13. The van der Waals surface area contributed by atoms with Crippen LogP contribution in [0.4, 0.5) is 5.69 Å². The van der Waals surface area contributed by atoms with Gasteiger partial charge in [-0.1, -0.05) is 43.7 Å². The van der Waals surface area contributed by atoms with Crippen molar-refractivity contribution in [2.24, 2.45) is 11.7 Å². The summed E-state index contributed by atoms with van der Waals surface area (Å²) in [6.07, 6.45) is 2.77. The van der Waals surface area contributed by atoms with Gasteiger partial charge in [0.2, 0.25) is 5.91 Å². The zero-order chi connectivity index (χ0) is 18.1. The van der Waals surface area contributed by atoms with Gasteiger partial charge in [0.25, 0.3) is 0 Å². The summed E-state index contributed by atoms with van der Waals surface area (Å²) in [6, 6.07) is 17.7. The fourth-order valence-electron chi connectivity index (χ4n) is 2.52. The first-order chi connectivity index (χ1) is 12.0. The minimum atomic E-state index is -0.0206. The predicted octanol–water partition coefficient (Wildman–Crippen LogP) is 4.36. The largest absolute Gasteiger partial charge is 0.489 e. The Kier molecular flexibility index (Phi) is 7.48. The number of nitrogens with one attached hydrogen (secondary N) is 1. The fourth-order valence-corrected chi connectivity index (χ4v) is 2.52. The minimum Gasteiger partial charge on any atom is -0.489 e. The van der Waals surface area contributed by atoms with Gasteiger partial charge in [-0.2, -0.15) is 0 Å². The topological polar surface area (TPSA) is 64.4 Å². The van der Waals surface area contributed by atoms with Gasteiger partial charge >= 0.3 is 0 Å². The number of nitrogens with two attached hydrogens (primary N) is 1. The highest BCUT2D eigenvalue weighted by molar-refractivity contribution is 5.92. The predicted molar refractivity (Wildman–Crippen MR) is 103 cm³/mol. The molecule has 0 aliphatic heterocycles. The summed E-state index contributed by atoms with van der Waals surface area (Å²) in [5, 5.41) is 2.96. The molecule has 4 heteroatoms. The van der Waals surface area contributed by atoms with Crippen LogP contribution in [-0.2, 0) is 11.4 Å². The summed E-state index contributed by atoms with van der Waals surface area (Å²) in [7, 11) is 0. The monoisotopic (exact) mass is 340 g/mol. The van der Waals surface area contributed by atoms with Gasteiger partial charge in [0.15, 0.2) is 0 Å². The van der Waals surface area contributed by atoms with Crippen molar-refractivity contribution in [1.29, 1.82) is 0 Å². The number of ether oxygens (including phenoxy) is 1. The van der Waals surface area contributed by atoms with E-state index < -0.39 is 0 Å². The van der Waals surface area contributed by atoms with E-state index in [9.17, 15) is 4.79 Å². The van der Waals surface area contributed by atoms with Gasteiger partial charge in [0.05, 0.1) is 0 Å². The first kappa shape index (κ1) is 19.0. The van der Waals surface area contributed by atoms with Crippen molar-refractivity contribution in [2.75, 3.05) is 5.32 Å². The molecule has 2 rings (SSSR count). The lowest BCUT2D eigenvalue weighted by molar-refractivity contribution is -0.119. The van der Waals surface area contributed by atoms with Crippen LogP contribution in [0.25, 0.3) is 0 Å². The van der Waals surface area contributed by atoms with Gasteiger partial charge in [-0.05, 0) is 49.6 Å². The maximum atomic E-state index is 12.2. The summed E-state index contributed by atoms with van der Waals surface area (Å²) in [4.78, 5) is 12.2. The highest BCUT2D eigenvalue weighted by atomic mass is 16.5. The summed E-state index contributed by atoms with van der Waals surface area (Å²) in [5.74, 6) is 0.808. The molecule has 2 aromatic carbocycles. The molecule has 0 saturated carbocycles. The molecular weight excluding hydrogens is 312 g/mol.